The van der Waals surface area contributed by atoms with Gasteiger partial charge in [0.1, 0.15) is 5.57 Å². The second kappa shape index (κ2) is 9.43. The number of hydrogen-bond acceptors (Lipinski definition) is 6. The van der Waals surface area contributed by atoms with Crippen LogP contribution in [0.25, 0.3) is 6.08 Å². The Morgan fingerprint density at radius 1 is 1.29 bits per heavy atom. The molecule has 0 unspecified atom stereocenters. The summed E-state index contributed by atoms with van der Waals surface area (Å²) in [5.74, 6) is -1.76. The van der Waals surface area contributed by atoms with Crippen molar-refractivity contribution in [1.82, 2.24) is 5.32 Å². The van der Waals surface area contributed by atoms with Gasteiger partial charge < -0.3 is 14.6 Å². The zero-order chi connectivity index (χ0) is 22.7. The number of amides is 2. The minimum Gasteiger partial charge on any atom is -0.493 e. The zero-order valence-electron chi connectivity index (χ0n) is 16.5. The molecular weight excluding hydrogens is 535 g/mol. The summed E-state index contributed by atoms with van der Waals surface area (Å²) >= 11 is 7.17. The van der Waals surface area contributed by atoms with E-state index in [1.54, 1.807) is 30.3 Å². The molecule has 31 heavy (non-hydrogen) atoms. The number of benzene rings is 2. The monoisotopic (exact) mass is 552 g/mol. The van der Waals surface area contributed by atoms with Crippen LogP contribution in [0.5, 0.6) is 11.5 Å². The zero-order valence-corrected chi connectivity index (χ0v) is 19.4. The molecule has 0 bridgehead atoms. The number of halogens is 1. The van der Waals surface area contributed by atoms with E-state index in [0.717, 1.165) is 5.56 Å². The Bertz CT molecular complexity index is 1130. The number of hydrogen-bond donors (Lipinski definition) is 2. The highest BCUT2D eigenvalue weighted by Crippen LogP contribution is 2.35. The lowest BCUT2D eigenvalue weighted by molar-refractivity contribution is -0.139. The average Bonchev–Trinajstić information content (AvgIpc) is 2.69. The molecule has 0 aliphatic carbocycles. The summed E-state index contributed by atoms with van der Waals surface area (Å²) in [7, 11) is 1.41. The Kier molecular flexibility index (Phi) is 6.91. The van der Waals surface area contributed by atoms with Gasteiger partial charge in [-0.2, -0.15) is 0 Å². The molecule has 2 N–H and O–H groups in total. The number of nitrogens with zero attached hydrogens (tertiary/aromatic N) is 1. The first-order chi connectivity index (χ1) is 14.7. The molecule has 1 aliphatic rings. The first-order valence-electron chi connectivity index (χ1n) is 8.91. The van der Waals surface area contributed by atoms with Crippen molar-refractivity contribution in [3.05, 3.63) is 56.7 Å². The summed E-state index contributed by atoms with van der Waals surface area (Å²) in [6.45, 7) is 1.36. The van der Waals surface area contributed by atoms with Crippen molar-refractivity contribution in [1.29, 1.82) is 0 Å². The van der Waals surface area contributed by atoms with Crippen molar-refractivity contribution in [3.63, 3.8) is 0 Å². The molecule has 1 fully saturated rings. The fourth-order valence-corrected chi connectivity index (χ4v) is 3.98. The quantitative estimate of drug-likeness (QED) is 0.246. The molecule has 0 spiro atoms. The lowest BCUT2D eigenvalue weighted by Crippen LogP contribution is -2.54. The molecule has 2 aromatic rings. The van der Waals surface area contributed by atoms with E-state index in [1.807, 2.05) is 35.6 Å². The van der Waals surface area contributed by atoms with Gasteiger partial charge in [0, 0.05) is 0 Å². The third-order valence-electron chi connectivity index (χ3n) is 4.26. The standard InChI is InChI=1S/C21H17IN2O6S/c1-11-4-3-5-13(6-11)24-20(28)14(19(27)23-21(24)31)7-12-8-15(22)18(16(9-12)29-2)30-10-17(25)26/h3-9H,10H2,1-2H3,(H,25,26)(H,23,27,31)/b14-7+. The third-order valence-corrected chi connectivity index (χ3v) is 5.35. The largest absolute Gasteiger partial charge is 0.493 e. The Morgan fingerprint density at radius 2 is 2.03 bits per heavy atom. The maximum atomic E-state index is 13.1. The summed E-state index contributed by atoms with van der Waals surface area (Å²) in [5.41, 5.74) is 1.88. The molecule has 2 amide bonds. The van der Waals surface area contributed by atoms with E-state index < -0.39 is 24.4 Å². The minimum atomic E-state index is -1.12. The molecule has 0 atom stereocenters. The third kappa shape index (κ3) is 5.02. The Labute approximate surface area is 197 Å². The summed E-state index contributed by atoms with van der Waals surface area (Å²) in [4.78, 5) is 37.7. The molecular formula is C21H17IN2O6S. The Morgan fingerprint density at radius 3 is 2.68 bits per heavy atom. The predicted octanol–water partition coefficient (Wildman–Crippen LogP) is 2.90. The average molecular weight is 552 g/mol. The fourth-order valence-electron chi connectivity index (χ4n) is 2.92. The van der Waals surface area contributed by atoms with Crippen molar-refractivity contribution in [2.24, 2.45) is 0 Å². The number of carbonyl (C=O) groups excluding carboxylic acids is 2. The van der Waals surface area contributed by atoms with Gasteiger partial charge in [-0.3, -0.25) is 19.8 Å². The number of anilines is 1. The van der Waals surface area contributed by atoms with E-state index in [-0.39, 0.29) is 22.2 Å². The van der Waals surface area contributed by atoms with Crippen molar-refractivity contribution in [2.75, 3.05) is 18.6 Å². The molecule has 0 aromatic heterocycles. The number of aliphatic carboxylic acids is 1. The summed E-state index contributed by atoms with van der Waals surface area (Å²) in [5, 5.41) is 11.4. The maximum absolute atomic E-state index is 13.1. The van der Waals surface area contributed by atoms with Gasteiger partial charge in [-0.15, -0.1) is 0 Å². The van der Waals surface area contributed by atoms with Crippen LogP contribution in [0.3, 0.4) is 0 Å². The van der Waals surface area contributed by atoms with Crippen molar-refractivity contribution < 1.29 is 29.0 Å². The van der Waals surface area contributed by atoms with Crippen LogP contribution in [0.4, 0.5) is 5.69 Å². The summed E-state index contributed by atoms with van der Waals surface area (Å²) < 4.78 is 11.1. The molecule has 2 aromatic carbocycles. The van der Waals surface area contributed by atoms with Crippen LogP contribution >= 0.6 is 34.8 Å². The van der Waals surface area contributed by atoms with Crippen LogP contribution in [0.15, 0.2) is 42.0 Å². The van der Waals surface area contributed by atoms with Crippen LogP contribution in [0.1, 0.15) is 11.1 Å². The number of carbonyl (C=O) groups is 3. The van der Waals surface area contributed by atoms with E-state index in [4.69, 9.17) is 26.8 Å². The normalized spacial score (nSPS) is 15.1. The van der Waals surface area contributed by atoms with Gasteiger partial charge in [-0.05, 0) is 83.2 Å². The molecule has 1 aliphatic heterocycles. The van der Waals surface area contributed by atoms with Crippen LogP contribution in [0.2, 0.25) is 0 Å². The van der Waals surface area contributed by atoms with Gasteiger partial charge in [-0.25, -0.2) is 4.79 Å². The number of nitrogens with one attached hydrogen (secondary N) is 1. The van der Waals surface area contributed by atoms with Crippen LogP contribution < -0.4 is 19.7 Å². The van der Waals surface area contributed by atoms with E-state index in [2.05, 4.69) is 5.32 Å². The van der Waals surface area contributed by atoms with Gasteiger partial charge in [0.15, 0.2) is 23.2 Å². The topological polar surface area (TPSA) is 105 Å². The number of methoxy groups -OCH3 is 1. The smallest absolute Gasteiger partial charge is 0.341 e. The molecule has 1 heterocycles. The second-order valence-corrected chi connectivity index (χ2v) is 8.06. The highest BCUT2D eigenvalue weighted by Gasteiger charge is 2.34. The number of thiocarbonyl (C=S) groups is 1. The molecule has 0 saturated carbocycles. The first-order valence-corrected chi connectivity index (χ1v) is 10.4. The van der Waals surface area contributed by atoms with Crippen LogP contribution in [-0.2, 0) is 14.4 Å². The van der Waals surface area contributed by atoms with Crippen LogP contribution in [0, 0.1) is 10.5 Å². The van der Waals surface area contributed by atoms with Gasteiger partial charge in [0.05, 0.1) is 16.4 Å². The fraction of sp³-hybridized carbons (Fsp3) is 0.143. The van der Waals surface area contributed by atoms with E-state index >= 15 is 0 Å². The van der Waals surface area contributed by atoms with Crippen LogP contribution in [-0.4, -0.2) is 41.7 Å². The number of rotatable bonds is 6. The number of aryl methyl sites for hydroxylation is 1. The van der Waals surface area contributed by atoms with E-state index in [1.165, 1.54) is 18.1 Å². The van der Waals surface area contributed by atoms with Crippen molar-refractivity contribution >= 4 is 69.5 Å². The number of ether oxygens (including phenoxy) is 2. The SMILES string of the molecule is COc1cc(/C=C2\C(=O)NC(=S)N(c3cccc(C)c3)C2=O)cc(I)c1OCC(=O)O. The Balaban J connectivity index is 2.00. The van der Waals surface area contributed by atoms with Gasteiger partial charge in [0.25, 0.3) is 11.8 Å². The highest BCUT2D eigenvalue weighted by atomic mass is 127. The highest BCUT2D eigenvalue weighted by molar-refractivity contribution is 14.1. The number of carboxylic acid groups (broad SMARTS) is 1. The predicted molar refractivity (Wildman–Crippen MR) is 126 cm³/mol. The lowest BCUT2D eigenvalue weighted by Gasteiger charge is -2.29. The molecule has 0 radical (unpaired) electrons. The van der Waals surface area contributed by atoms with Gasteiger partial charge in [0.2, 0.25) is 0 Å². The second-order valence-electron chi connectivity index (χ2n) is 6.51. The maximum Gasteiger partial charge on any atom is 0.341 e. The van der Waals surface area contributed by atoms with Crippen molar-refractivity contribution in [2.45, 2.75) is 6.92 Å². The van der Waals surface area contributed by atoms with Gasteiger partial charge in [-0.1, -0.05) is 12.1 Å². The van der Waals surface area contributed by atoms with E-state index in [9.17, 15) is 14.4 Å². The molecule has 1 saturated heterocycles. The Hall–Kier alpha value is -2.99. The first kappa shape index (κ1) is 22.7. The summed E-state index contributed by atoms with van der Waals surface area (Å²) in [6.07, 6.45) is 1.42. The lowest BCUT2D eigenvalue weighted by atomic mass is 10.1. The van der Waals surface area contributed by atoms with E-state index in [0.29, 0.717) is 14.8 Å². The van der Waals surface area contributed by atoms with Gasteiger partial charge >= 0.3 is 5.97 Å². The molecule has 8 nitrogen and oxygen atoms in total. The number of carboxylic acids is 1. The molecule has 3 rings (SSSR count). The van der Waals surface area contributed by atoms with Crippen molar-refractivity contribution in [3.8, 4) is 11.5 Å². The minimum absolute atomic E-state index is 0.00216. The molecule has 10 heteroatoms. The summed E-state index contributed by atoms with van der Waals surface area (Å²) in [6, 6.07) is 10.4. The molecule has 160 valence electrons.